The van der Waals surface area contributed by atoms with Crippen LogP contribution in [0.2, 0.25) is 26.2 Å². The zero-order valence-corrected chi connectivity index (χ0v) is 26.1. The molecule has 0 bridgehead atoms. The van der Waals surface area contributed by atoms with Crippen LogP contribution in [-0.2, 0) is 29.0 Å². The first-order valence-electron chi connectivity index (χ1n) is 9.93. The standard InChI is InChI=1S/C5H9IO.C5H10O2.C5H9O.C4H12Si.HI.Zn/c2*6-5-1-3-7-4-2-5;1-2-4-6-5-3-1;1-5(2,3)4;;/h5H,1-4H2;5-6H,1-4H2;1H,2-5H2;1-4H3;1H;/q;;-1;;;+2/p-1. The molecular weight excluding hydrogens is 639 g/mol. The second kappa shape index (κ2) is 22.8. The molecule has 3 saturated heterocycles. The number of halogens is 2. The molecule has 3 rings (SSSR count). The number of aliphatic hydroxyl groups excluding tert-OH is 1. The van der Waals surface area contributed by atoms with Crippen molar-refractivity contribution in [2.45, 2.75) is 74.7 Å². The van der Waals surface area contributed by atoms with Gasteiger partial charge in [-0.1, -0.05) is 48.8 Å². The molecule has 27 heavy (non-hydrogen) atoms. The van der Waals surface area contributed by atoms with Gasteiger partial charge >= 0.3 is 34.5 Å². The molecule has 0 unspecified atom stereocenters. The molecule has 0 aliphatic carbocycles. The molecular formula is C19H40I2O4SiZn. The van der Waals surface area contributed by atoms with Crippen LogP contribution in [0, 0.1) is 6.42 Å². The molecule has 4 nitrogen and oxygen atoms in total. The van der Waals surface area contributed by atoms with E-state index in [4.69, 9.17) is 19.3 Å². The van der Waals surface area contributed by atoms with Crippen LogP contribution >= 0.6 is 42.3 Å². The van der Waals surface area contributed by atoms with Gasteiger partial charge in [-0.3, -0.25) is 0 Å². The van der Waals surface area contributed by atoms with E-state index in [1.54, 1.807) is 0 Å². The van der Waals surface area contributed by atoms with E-state index in [2.05, 4.69) is 74.9 Å². The second-order valence-electron chi connectivity index (χ2n) is 8.11. The minimum atomic E-state index is -0.611. The summed E-state index contributed by atoms with van der Waals surface area (Å²) in [4.78, 5) is 0. The molecule has 0 aromatic heterocycles. The molecule has 0 spiro atoms. The molecule has 3 aliphatic rings. The molecule has 0 atom stereocenters. The van der Waals surface area contributed by atoms with Gasteiger partial charge in [-0.05, 0) is 25.7 Å². The summed E-state index contributed by atoms with van der Waals surface area (Å²) < 4.78 is 16.0. The zero-order chi connectivity index (χ0) is 21.0. The van der Waals surface area contributed by atoms with E-state index >= 15 is 0 Å². The van der Waals surface area contributed by atoms with Crippen LogP contribution in [-0.4, -0.2) is 62.9 Å². The fourth-order valence-corrected chi connectivity index (χ4v) is 2.44. The van der Waals surface area contributed by atoms with Gasteiger partial charge in [-0.15, -0.1) is 0 Å². The molecule has 0 aromatic rings. The van der Waals surface area contributed by atoms with Crippen molar-refractivity contribution in [3.63, 3.8) is 0 Å². The first kappa shape index (κ1) is 31.3. The van der Waals surface area contributed by atoms with E-state index < -0.39 is 8.07 Å². The fourth-order valence-electron chi connectivity index (χ4n) is 1.93. The average molecular weight is 680 g/mol. The summed E-state index contributed by atoms with van der Waals surface area (Å²) in [7, 11) is -0.611. The van der Waals surface area contributed by atoms with Gasteiger partial charge in [0.1, 0.15) is 0 Å². The average Bonchev–Trinajstić information content (AvgIpc) is 2.66. The maximum atomic E-state index is 8.83. The Morgan fingerprint density at radius 2 is 1.11 bits per heavy atom. The number of hydrogen-bond donors (Lipinski definition) is 1. The molecule has 0 saturated carbocycles. The van der Waals surface area contributed by atoms with Crippen molar-refractivity contribution in [2.75, 3.05) is 39.6 Å². The van der Waals surface area contributed by atoms with Crippen LogP contribution in [0.3, 0.4) is 0 Å². The van der Waals surface area contributed by atoms with Crippen molar-refractivity contribution in [1.82, 2.24) is 0 Å². The summed E-state index contributed by atoms with van der Waals surface area (Å²) in [6, 6.07) is 0. The third-order valence-corrected chi connectivity index (χ3v) is 4.52. The van der Waals surface area contributed by atoms with Gasteiger partial charge in [0.15, 0.2) is 0 Å². The van der Waals surface area contributed by atoms with Crippen molar-refractivity contribution < 1.29 is 34.1 Å². The summed E-state index contributed by atoms with van der Waals surface area (Å²) in [6.45, 7) is 14.6. The van der Waals surface area contributed by atoms with Crippen LogP contribution in [0.5, 0.6) is 0 Å². The Labute approximate surface area is 203 Å². The van der Waals surface area contributed by atoms with Crippen molar-refractivity contribution in [3.8, 4) is 0 Å². The number of alkyl halides is 1. The van der Waals surface area contributed by atoms with Gasteiger partial charge in [0.2, 0.25) is 0 Å². The Kier molecular flexibility index (Phi) is 26.5. The molecule has 0 aromatic carbocycles. The Bertz CT molecular complexity index is 248. The number of hydrogen-bond acceptors (Lipinski definition) is 4. The normalized spacial score (nSPS) is 20.9. The predicted octanol–water partition coefficient (Wildman–Crippen LogP) is 5.60. The van der Waals surface area contributed by atoms with Crippen LogP contribution in [0.25, 0.3) is 0 Å². The van der Waals surface area contributed by atoms with E-state index in [0.717, 1.165) is 69.2 Å². The monoisotopic (exact) mass is 678 g/mol. The van der Waals surface area contributed by atoms with Gasteiger partial charge in [-0.2, -0.15) is 12.8 Å². The third kappa shape index (κ3) is 33.0. The van der Waals surface area contributed by atoms with E-state index in [9.17, 15) is 0 Å². The molecule has 0 amide bonds. The van der Waals surface area contributed by atoms with Crippen LogP contribution in [0.15, 0.2) is 0 Å². The molecule has 3 heterocycles. The first-order chi connectivity index (χ1) is 12.8. The Balaban J connectivity index is 0. The number of rotatable bonds is 0. The van der Waals surface area contributed by atoms with Crippen LogP contribution < -0.4 is 0 Å². The summed E-state index contributed by atoms with van der Waals surface area (Å²) in [5.74, 6) is 0. The van der Waals surface area contributed by atoms with Gasteiger partial charge in [0, 0.05) is 51.6 Å². The van der Waals surface area contributed by atoms with Gasteiger partial charge in [0.25, 0.3) is 0 Å². The van der Waals surface area contributed by atoms with Crippen molar-refractivity contribution in [1.29, 1.82) is 0 Å². The van der Waals surface area contributed by atoms with E-state index in [1.165, 1.54) is 27.6 Å². The summed E-state index contributed by atoms with van der Waals surface area (Å²) in [6.07, 6.45) is 8.62. The van der Waals surface area contributed by atoms with Gasteiger partial charge < -0.3 is 25.7 Å². The zero-order valence-electron chi connectivity index (χ0n) is 17.9. The van der Waals surface area contributed by atoms with Crippen LogP contribution in [0.1, 0.15) is 38.5 Å². The molecule has 0 radical (unpaired) electrons. The SMILES string of the molecule is C[Si](C)(C)C.IC1CCOCC1.OC1CCOCC1.[CH-]1CCOCC1.[Zn+][I]. The molecule has 1 N–H and O–H groups in total. The van der Waals surface area contributed by atoms with Crippen molar-refractivity contribution in [2.24, 2.45) is 0 Å². The Morgan fingerprint density at radius 3 is 1.26 bits per heavy atom. The minimum absolute atomic E-state index is 0.0891. The first-order valence-corrected chi connectivity index (χ1v) is 24.2. The number of ether oxygens (including phenoxy) is 3. The van der Waals surface area contributed by atoms with Crippen molar-refractivity contribution >= 4 is 50.4 Å². The predicted molar refractivity (Wildman–Crippen MR) is 132 cm³/mol. The summed E-state index contributed by atoms with van der Waals surface area (Å²) in [5, 5.41) is 8.83. The van der Waals surface area contributed by atoms with Crippen molar-refractivity contribution in [3.05, 3.63) is 6.42 Å². The van der Waals surface area contributed by atoms with E-state index in [0.29, 0.717) is 0 Å². The topological polar surface area (TPSA) is 47.9 Å². The Hall–Kier alpha value is 2.14. The maximum absolute atomic E-state index is 8.83. The van der Waals surface area contributed by atoms with E-state index in [1.807, 2.05) is 0 Å². The van der Waals surface area contributed by atoms with Gasteiger partial charge in [-0.25, -0.2) is 0 Å². The Morgan fingerprint density at radius 1 is 0.778 bits per heavy atom. The molecule has 160 valence electrons. The summed E-state index contributed by atoms with van der Waals surface area (Å²) >= 11 is 6.10. The summed E-state index contributed by atoms with van der Waals surface area (Å²) in [5.41, 5.74) is 0. The third-order valence-electron chi connectivity index (χ3n) is 3.27. The molecule has 3 aliphatic heterocycles. The molecule has 3 fully saturated rings. The number of aliphatic hydroxyl groups is 1. The van der Waals surface area contributed by atoms with Crippen LogP contribution in [0.4, 0.5) is 0 Å². The molecule has 8 heteroatoms. The van der Waals surface area contributed by atoms with Gasteiger partial charge in [0.05, 0.1) is 6.10 Å². The quantitative estimate of drug-likeness (QED) is 0.157. The second-order valence-corrected chi connectivity index (χ2v) is 15.9. The fraction of sp³-hybridized carbons (Fsp3) is 0.947. The van der Waals surface area contributed by atoms with E-state index in [-0.39, 0.29) is 6.10 Å².